The van der Waals surface area contributed by atoms with Gasteiger partial charge in [0.15, 0.2) is 0 Å². The van der Waals surface area contributed by atoms with Crippen molar-refractivity contribution in [2.45, 2.75) is 6.92 Å². The smallest absolute Gasteiger partial charge is 0.124 e. The highest BCUT2D eigenvalue weighted by Gasteiger charge is 2.15. The molecule has 0 amide bonds. The van der Waals surface area contributed by atoms with Crippen LogP contribution in [0.4, 0.5) is 5.69 Å². The van der Waals surface area contributed by atoms with Crippen molar-refractivity contribution in [1.82, 2.24) is 0 Å². The predicted octanol–water partition coefficient (Wildman–Crippen LogP) is 5.26. The maximum Gasteiger partial charge on any atom is 0.124 e. The molecule has 3 N–H and O–H groups in total. The molecule has 0 aliphatic carbocycles. The zero-order valence-electron chi connectivity index (χ0n) is 12.9. The van der Waals surface area contributed by atoms with Crippen molar-refractivity contribution in [3.05, 3.63) is 72.3 Å². The number of fused-ring (bicyclic) bond motifs is 2. The van der Waals surface area contributed by atoms with E-state index in [-0.39, 0.29) is 5.75 Å². The van der Waals surface area contributed by atoms with Gasteiger partial charge in [0.2, 0.25) is 0 Å². The number of nitrogen functional groups attached to an aromatic ring is 1. The Bertz CT molecular complexity index is 1050. The number of aryl methyl sites for hydroxylation is 1. The topological polar surface area (TPSA) is 46.2 Å². The van der Waals surface area contributed by atoms with Crippen molar-refractivity contribution in [2.75, 3.05) is 5.73 Å². The number of phenols is 1. The summed E-state index contributed by atoms with van der Waals surface area (Å²) in [5, 5.41) is 14.8. The highest BCUT2D eigenvalue weighted by molar-refractivity contribution is 6.08. The molecule has 0 aliphatic heterocycles. The quantitative estimate of drug-likeness (QED) is 0.471. The van der Waals surface area contributed by atoms with Crippen LogP contribution in [0.25, 0.3) is 32.7 Å². The third-order valence-electron chi connectivity index (χ3n) is 4.47. The Morgan fingerprint density at radius 1 is 0.783 bits per heavy atom. The third kappa shape index (κ3) is 2.03. The number of benzene rings is 4. The van der Waals surface area contributed by atoms with Gasteiger partial charge in [0.05, 0.1) is 0 Å². The molecule has 4 aromatic carbocycles. The van der Waals surface area contributed by atoms with Gasteiger partial charge in [-0.25, -0.2) is 0 Å². The van der Waals surface area contributed by atoms with Crippen molar-refractivity contribution >= 4 is 27.2 Å². The van der Waals surface area contributed by atoms with Crippen LogP contribution in [0.1, 0.15) is 5.56 Å². The lowest BCUT2D eigenvalue weighted by atomic mass is 9.91. The fraction of sp³-hybridized carbons (Fsp3) is 0.0476. The Labute approximate surface area is 134 Å². The highest BCUT2D eigenvalue weighted by Crippen LogP contribution is 2.42. The molecule has 0 aromatic heterocycles. The molecule has 0 aliphatic rings. The maximum atomic E-state index is 10.5. The van der Waals surface area contributed by atoms with Crippen LogP contribution in [-0.4, -0.2) is 5.11 Å². The van der Waals surface area contributed by atoms with Crippen molar-refractivity contribution < 1.29 is 5.11 Å². The van der Waals surface area contributed by atoms with E-state index in [2.05, 4.69) is 19.1 Å². The van der Waals surface area contributed by atoms with Crippen LogP contribution in [-0.2, 0) is 0 Å². The summed E-state index contributed by atoms with van der Waals surface area (Å²) < 4.78 is 0. The second kappa shape index (κ2) is 5.03. The average molecular weight is 299 g/mol. The van der Waals surface area contributed by atoms with E-state index < -0.39 is 0 Å². The summed E-state index contributed by atoms with van der Waals surface area (Å²) in [6.07, 6.45) is 0. The van der Waals surface area contributed by atoms with Gasteiger partial charge in [-0.3, -0.25) is 0 Å². The third-order valence-corrected chi connectivity index (χ3v) is 4.47. The molecule has 0 fully saturated rings. The zero-order chi connectivity index (χ0) is 16.0. The van der Waals surface area contributed by atoms with E-state index in [9.17, 15) is 5.11 Å². The van der Waals surface area contributed by atoms with Crippen LogP contribution in [0.2, 0.25) is 0 Å². The lowest BCUT2D eigenvalue weighted by Crippen LogP contribution is -1.95. The predicted molar refractivity (Wildman–Crippen MR) is 97.7 cm³/mol. The molecule has 0 saturated carbocycles. The first-order valence-corrected chi connectivity index (χ1v) is 7.66. The first-order chi connectivity index (χ1) is 11.2. The van der Waals surface area contributed by atoms with Gasteiger partial charge in [-0.15, -0.1) is 0 Å². The molecule has 0 unspecified atom stereocenters. The molecule has 0 heterocycles. The second-order valence-electron chi connectivity index (χ2n) is 5.88. The molecular weight excluding hydrogens is 282 g/mol. The second-order valence-corrected chi connectivity index (χ2v) is 5.88. The maximum absolute atomic E-state index is 10.5. The molecule has 0 atom stereocenters. The Hall–Kier alpha value is -3.00. The van der Waals surface area contributed by atoms with Crippen LogP contribution in [0.15, 0.2) is 66.7 Å². The Kier molecular flexibility index (Phi) is 2.98. The van der Waals surface area contributed by atoms with Crippen LogP contribution >= 0.6 is 0 Å². The lowest BCUT2D eigenvalue weighted by Gasteiger charge is -2.15. The lowest BCUT2D eigenvalue weighted by molar-refractivity contribution is 0.478. The summed E-state index contributed by atoms with van der Waals surface area (Å²) in [6.45, 7) is 2.08. The number of hydrogen-bond donors (Lipinski definition) is 2. The van der Waals surface area contributed by atoms with E-state index >= 15 is 0 Å². The zero-order valence-corrected chi connectivity index (χ0v) is 12.9. The molecular formula is C21H17NO. The number of rotatable bonds is 1. The fourth-order valence-corrected chi connectivity index (χ4v) is 3.33. The largest absolute Gasteiger partial charge is 0.507 e. The summed E-state index contributed by atoms with van der Waals surface area (Å²) in [5.74, 6) is 0.255. The minimum atomic E-state index is 0.255. The van der Waals surface area contributed by atoms with Gasteiger partial charge in [-0.05, 0) is 40.8 Å². The molecule has 0 spiro atoms. The SMILES string of the molecule is Cc1cc(-c2c(O)ccc3ccccc23)c(N)c2ccccc12. The minimum Gasteiger partial charge on any atom is -0.507 e. The number of phenolic OH excluding ortho intramolecular Hbond substituents is 1. The average Bonchev–Trinajstić information content (AvgIpc) is 2.58. The summed E-state index contributed by atoms with van der Waals surface area (Å²) in [4.78, 5) is 0. The van der Waals surface area contributed by atoms with Gasteiger partial charge in [-0.2, -0.15) is 0 Å². The molecule has 4 rings (SSSR count). The van der Waals surface area contributed by atoms with Gasteiger partial charge in [-0.1, -0.05) is 54.6 Å². The van der Waals surface area contributed by atoms with Crippen molar-refractivity contribution in [3.63, 3.8) is 0 Å². The fourth-order valence-electron chi connectivity index (χ4n) is 3.33. The Morgan fingerprint density at radius 2 is 1.43 bits per heavy atom. The van der Waals surface area contributed by atoms with E-state index in [1.165, 1.54) is 0 Å². The van der Waals surface area contributed by atoms with Crippen LogP contribution in [0.5, 0.6) is 5.75 Å². The van der Waals surface area contributed by atoms with Crippen molar-refractivity contribution in [2.24, 2.45) is 0 Å². The first-order valence-electron chi connectivity index (χ1n) is 7.66. The summed E-state index contributed by atoms with van der Waals surface area (Å²) >= 11 is 0. The Balaban J connectivity index is 2.15. The minimum absolute atomic E-state index is 0.255. The van der Waals surface area contributed by atoms with Crippen LogP contribution < -0.4 is 5.73 Å². The summed E-state index contributed by atoms with van der Waals surface area (Å²) in [6, 6.07) is 21.9. The van der Waals surface area contributed by atoms with E-state index in [1.54, 1.807) is 6.07 Å². The van der Waals surface area contributed by atoms with Gasteiger partial charge in [0, 0.05) is 22.2 Å². The van der Waals surface area contributed by atoms with Gasteiger partial charge >= 0.3 is 0 Å². The van der Waals surface area contributed by atoms with Gasteiger partial charge < -0.3 is 10.8 Å². The van der Waals surface area contributed by atoms with E-state index in [0.717, 1.165) is 38.2 Å². The molecule has 0 radical (unpaired) electrons. The van der Waals surface area contributed by atoms with E-state index in [0.29, 0.717) is 5.69 Å². The number of hydrogen-bond acceptors (Lipinski definition) is 2. The number of anilines is 1. The molecule has 23 heavy (non-hydrogen) atoms. The summed E-state index contributed by atoms with van der Waals surface area (Å²) in [7, 11) is 0. The van der Waals surface area contributed by atoms with E-state index in [4.69, 9.17) is 5.73 Å². The highest BCUT2D eigenvalue weighted by atomic mass is 16.3. The Morgan fingerprint density at radius 3 is 2.22 bits per heavy atom. The molecule has 0 saturated heterocycles. The molecule has 2 nitrogen and oxygen atoms in total. The van der Waals surface area contributed by atoms with E-state index in [1.807, 2.05) is 48.5 Å². The summed E-state index contributed by atoms with van der Waals surface area (Å²) in [5.41, 5.74) is 10.0. The number of nitrogens with two attached hydrogens (primary N) is 1. The first kappa shape index (κ1) is 13.6. The van der Waals surface area contributed by atoms with Crippen molar-refractivity contribution in [3.8, 4) is 16.9 Å². The molecule has 2 heteroatoms. The monoisotopic (exact) mass is 299 g/mol. The van der Waals surface area contributed by atoms with Crippen LogP contribution in [0, 0.1) is 6.92 Å². The molecule has 4 aromatic rings. The molecule has 112 valence electrons. The normalized spacial score (nSPS) is 11.2. The number of aromatic hydroxyl groups is 1. The standard InChI is InChI=1S/C21H17NO/c1-13-12-18(21(22)17-9-5-4-7-15(13)17)20-16-8-3-2-6-14(16)10-11-19(20)23/h2-12,23H,22H2,1H3. The van der Waals surface area contributed by atoms with Gasteiger partial charge in [0.25, 0.3) is 0 Å². The van der Waals surface area contributed by atoms with Gasteiger partial charge in [0.1, 0.15) is 5.75 Å². The van der Waals surface area contributed by atoms with Crippen molar-refractivity contribution in [1.29, 1.82) is 0 Å². The molecule has 0 bridgehead atoms. The van der Waals surface area contributed by atoms with Crippen LogP contribution in [0.3, 0.4) is 0 Å².